The molecule has 0 aliphatic carbocycles. The molecule has 0 bridgehead atoms. The molecule has 0 spiro atoms. The summed E-state index contributed by atoms with van der Waals surface area (Å²) in [6, 6.07) is 13.0. The van der Waals surface area contributed by atoms with Crippen LogP contribution in [0.5, 0.6) is 0 Å². The van der Waals surface area contributed by atoms with Crippen molar-refractivity contribution >= 4 is 0 Å². The molecule has 2 unspecified atom stereocenters. The molecule has 0 amide bonds. The summed E-state index contributed by atoms with van der Waals surface area (Å²) in [7, 11) is 0. The SMILES string of the molecule is CC(C)C1CCC(c2ccccc2)N1C(C)C. The first kappa shape index (κ1) is 12.6. The Labute approximate surface area is 106 Å². The van der Waals surface area contributed by atoms with E-state index in [1.54, 1.807) is 0 Å². The molecule has 17 heavy (non-hydrogen) atoms. The molecule has 1 heterocycles. The third-order valence-corrected chi connectivity index (χ3v) is 4.03. The van der Waals surface area contributed by atoms with E-state index in [0.717, 1.165) is 12.0 Å². The summed E-state index contributed by atoms with van der Waals surface area (Å²) in [6.07, 6.45) is 2.65. The molecule has 2 atom stereocenters. The standard InChI is InChI=1S/C16H25N/c1-12(2)15-10-11-16(17(15)13(3)4)14-8-6-5-7-9-14/h5-9,12-13,15-16H,10-11H2,1-4H3. The molecule has 94 valence electrons. The van der Waals surface area contributed by atoms with Crippen molar-refractivity contribution in [1.29, 1.82) is 0 Å². The topological polar surface area (TPSA) is 3.24 Å². The van der Waals surface area contributed by atoms with Crippen molar-refractivity contribution in [2.45, 2.75) is 58.7 Å². The van der Waals surface area contributed by atoms with Crippen molar-refractivity contribution in [1.82, 2.24) is 4.90 Å². The molecule has 2 rings (SSSR count). The molecular formula is C16H25N. The van der Waals surface area contributed by atoms with Crippen molar-refractivity contribution in [3.05, 3.63) is 35.9 Å². The van der Waals surface area contributed by atoms with Gasteiger partial charge in [0, 0.05) is 18.1 Å². The van der Waals surface area contributed by atoms with E-state index in [1.165, 1.54) is 18.4 Å². The third-order valence-electron chi connectivity index (χ3n) is 4.03. The lowest BCUT2D eigenvalue weighted by molar-refractivity contribution is 0.119. The van der Waals surface area contributed by atoms with Gasteiger partial charge in [-0.2, -0.15) is 0 Å². The molecule has 1 saturated heterocycles. The maximum absolute atomic E-state index is 2.72. The monoisotopic (exact) mass is 231 g/mol. The zero-order valence-corrected chi connectivity index (χ0v) is 11.6. The van der Waals surface area contributed by atoms with E-state index in [0.29, 0.717) is 12.1 Å². The smallest absolute Gasteiger partial charge is 0.0354 e. The Balaban J connectivity index is 2.24. The van der Waals surface area contributed by atoms with Gasteiger partial charge in [-0.25, -0.2) is 0 Å². The predicted molar refractivity (Wildman–Crippen MR) is 74.0 cm³/mol. The largest absolute Gasteiger partial charge is 0.291 e. The Hall–Kier alpha value is -0.820. The number of hydrogen-bond acceptors (Lipinski definition) is 1. The second kappa shape index (κ2) is 5.22. The Morgan fingerprint density at radius 1 is 1.00 bits per heavy atom. The highest BCUT2D eigenvalue weighted by atomic mass is 15.2. The highest BCUT2D eigenvalue weighted by Gasteiger charge is 2.36. The van der Waals surface area contributed by atoms with E-state index in [9.17, 15) is 0 Å². The lowest BCUT2D eigenvalue weighted by atomic mass is 10.0. The summed E-state index contributed by atoms with van der Waals surface area (Å²) in [5.74, 6) is 0.756. The summed E-state index contributed by atoms with van der Waals surface area (Å²) in [4.78, 5) is 2.72. The van der Waals surface area contributed by atoms with E-state index in [-0.39, 0.29) is 0 Å². The highest BCUT2D eigenvalue weighted by Crippen LogP contribution is 2.40. The molecule has 1 aliphatic rings. The first-order valence-electron chi connectivity index (χ1n) is 6.93. The summed E-state index contributed by atoms with van der Waals surface area (Å²) < 4.78 is 0. The van der Waals surface area contributed by atoms with Crippen LogP contribution in [-0.2, 0) is 0 Å². The zero-order valence-electron chi connectivity index (χ0n) is 11.6. The van der Waals surface area contributed by atoms with Gasteiger partial charge in [-0.05, 0) is 38.2 Å². The average Bonchev–Trinajstić information content (AvgIpc) is 2.74. The van der Waals surface area contributed by atoms with E-state index >= 15 is 0 Å². The summed E-state index contributed by atoms with van der Waals surface area (Å²) >= 11 is 0. The number of benzene rings is 1. The van der Waals surface area contributed by atoms with Crippen LogP contribution in [-0.4, -0.2) is 17.0 Å². The Morgan fingerprint density at radius 3 is 2.18 bits per heavy atom. The van der Waals surface area contributed by atoms with Crippen molar-refractivity contribution in [3.63, 3.8) is 0 Å². The van der Waals surface area contributed by atoms with Gasteiger partial charge in [0.25, 0.3) is 0 Å². The molecule has 0 N–H and O–H groups in total. The number of nitrogens with zero attached hydrogens (tertiary/aromatic N) is 1. The van der Waals surface area contributed by atoms with Gasteiger partial charge in [0.1, 0.15) is 0 Å². The van der Waals surface area contributed by atoms with Gasteiger partial charge in [0.05, 0.1) is 0 Å². The zero-order chi connectivity index (χ0) is 12.4. The van der Waals surface area contributed by atoms with Gasteiger partial charge in [0.2, 0.25) is 0 Å². The first-order chi connectivity index (χ1) is 8.11. The highest BCUT2D eigenvalue weighted by molar-refractivity contribution is 5.21. The number of rotatable bonds is 3. The molecule has 0 radical (unpaired) electrons. The van der Waals surface area contributed by atoms with Gasteiger partial charge in [0.15, 0.2) is 0 Å². The van der Waals surface area contributed by atoms with Crippen LogP contribution in [0, 0.1) is 5.92 Å². The van der Waals surface area contributed by atoms with Gasteiger partial charge >= 0.3 is 0 Å². The minimum atomic E-state index is 0.628. The normalized spacial score (nSPS) is 26.0. The van der Waals surface area contributed by atoms with Gasteiger partial charge < -0.3 is 0 Å². The molecule has 1 nitrogen and oxygen atoms in total. The fourth-order valence-electron chi connectivity index (χ4n) is 3.29. The van der Waals surface area contributed by atoms with Gasteiger partial charge in [-0.15, -0.1) is 0 Å². The lowest BCUT2D eigenvalue weighted by Crippen LogP contribution is -2.40. The molecule has 1 aromatic carbocycles. The molecule has 0 saturated carbocycles. The van der Waals surface area contributed by atoms with Crippen LogP contribution in [0.15, 0.2) is 30.3 Å². The second-order valence-electron chi connectivity index (χ2n) is 5.86. The minimum absolute atomic E-state index is 0.628. The fraction of sp³-hybridized carbons (Fsp3) is 0.625. The van der Waals surface area contributed by atoms with E-state index < -0.39 is 0 Å². The van der Waals surface area contributed by atoms with Crippen LogP contribution in [0.1, 0.15) is 52.1 Å². The maximum Gasteiger partial charge on any atom is 0.0354 e. The van der Waals surface area contributed by atoms with Crippen molar-refractivity contribution < 1.29 is 0 Å². The average molecular weight is 231 g/mol. The summed E-state index contributed by atoms with van der Waals surface area (Å²) in [6.45, 7) is 9.37. The second-order valence-corrected chi connectivity index (χ2v) is 5.86. The maximum atomic E-state index is 2.72. The van der Waals surface area contributed by atoms with Gasteiger partial charge in [-0.1, -0.05) is 44.2 Å². The van der Waals surface area contributed by atoms with E-state index in [4.69, 9.17) is 0 Å². The third kappa shape index (κ3) is 2.55. The Bertz CT molecular complexity index is 342. The molecule has 1 aliphatic heterocycles. The summed E-state index contributed by atoms with van der Waals surface area (Å²) in [5, 5.41) is 0. The summed E-state index contributed by atoms with van der Waals surface area (Å²) in [5.41, 5.74) is 1.49. The minimum Gasteiger partial charge on any atom is -0.291 e. The van der Waals surface area contributed by atoms with Crippen LogP contribution in [0.2, 0.25) is 0 Å². The van der Waals surface area contributed by atoms with Crippen LogP contribution in [0.25, 0.3) is 0 Å². The number of likely N-dealkylation sites (tertiary alicyclic amines) is 1. The van der Waals surface area contributed by atoms with Crippen molar-refractivity contribution in [2.75, 3.05) is 0 Å². The molecular weight excluding hydrogens is 206 g/mol. The predicted octanol–water partition coefficient (Wildman–Crippen LogP) is 4.26. The van der Waals surface area contributed by atoms with Crippen LogP contribution in [0.3, 0.4) is 0 Å². The van der Waals surface area contributed by atoms with E-state index in [1.807, 2.05) is 0 Å². The van der Waals surface area contributed by atoms with Crippen molar-refractivity contribution in [3.8, 4) is 0 Å². The van der Waals surface area contributed by atoms with Crippen LogP contribution < -0.4 is 0 Å². The fourth-order valence-corrected chi connectivity index (χ4v) is 3.29. The van der Waals surface area contributed by atoms with Gasteiger partial charge in [-0.3, -0.25) is 4.90 Å². The molecule has 0 aromatic heterocycles. The van der Waals surface area contributed by atoms with Crippen LogP contribution in [0.4, 0.5) is 0 Å². The molecule has 1 aromatic rings. The number of hydrogen-bond donors (Lipinski definition) is 0. The van der Waals surface area contributed by atoms with Crippen molar-refractivity contribution in [2.24, 2.45) is 5.92 Å². The molecule has 1 heteroatoms. The van der Waals surface area contributed by atoms with E-state index in [2.05, 4.69) is 62.9 Å². The molecule has 1 fully saturated rings. The quantitative estimate of drug-likeness (QED) is 0.751. The Kier molecular flexibility index (Phi) is 3.88. The Morgan fingerprint density at radius 2 is 1.65 bits per heavy atom. The first-order valence-corrected chi connectivity index (χ1v) is 6.93. The van der Waals surface area contributed by atoms with Crippen LogP contribution >= 0.6 is 0 Å². The lowest BCUT2D eigenvalue weighted by Gasteiger charge is -2.36.